The number of halogens is 2. The minimum absolute atomic E-state index is 0.0567. The van der Waals surface area contributed by atoms with Gasteiger partial charge in [0, 0.05) is 10.5 Å². The standard InChI is InChI=1S/C14H7BrFNO2/c15-11-2-4-14(10(5-11)8-18)19-12-3-1-9(7-17)13(16)6-12/h1-6,8H. The second-order valence-electron chi connectivity index (χ2n) is 3.66. The molecule has 2 rings (SSSR count). The monoisotopic (exact) mass is 319 g/mol. The van der Waals surface area contributed by atoms with Gasteiger partial charge < -0.3 is 4.74 Å². The average molecular weight is 320 g/mol. The molecular weight excluding hydrogens is 313 g/mol. The van der Waals surface area contributed by atoms with Crippen LogP contribution in [0.15, 0.2) is 40.9 Å². The third-order valence-corrected chi connectivity index (χ3v) is 2.88. The predicted molar refractivity (Wildman–Crippen MR) is 70.7 cm³/mol. The number of carbonyl (C=O) groups is 1. The van der Waals surface area contributed by atoms with E-state index in [0.717, 1.165) is 10.5 Å². The molecule has 0 fully saturated rings. The zero-order valence-electron chi connectivity index (χ0n) is 9.56. The first kappa shape index (κ1) is 13.2. The highest BCUT2D eigenvalue weighted by Gasteiger charge is 2.08. The summed E-state index contributed by atoms with van der Waals surface area (Å²) in [6, 6.07) is 10.5. The lowest BCUT2D eigenvalue weighted by Crippen LogP contribution is -1.92. The quantitative estimate of drug-likeness (QED) is 0.801. The van der Waals surface area contributed by atoms with Gasteiger partial charge in [-0.05, 0) is 30.3 Å². The van der Waals surface area contributed by atoms with Gasteiger partial charge in [0.05, 0.1) is 11.1 Å². The number of hydrogen-bond acceptors (Lipinski definition) is 3. The van der Waals surface area contributed by atoms with E-state index in [1.807, 2.05) is 0 Å². The SMILES string of the molecule is N#Cc1ccc(Oc2ccc(Br)cc2C=O)cc1F. The van der Waals surface area contributed by atoms with Crippen LogP contribution in [0.1, 0.15) is 15.9 Å². The molecule has 0 amide bonds. The average Bonchev–Trinajstić information content (AvgIpc) is 2.41. The Morgan fingerprint density at radius 2 is 2.05 bits per heavy atom. The van der Waals surface area contributed by atoms with E-state index in [9.17, 15) is 9.18 Å². The number of nitriles is 1. The van der Waals surface area contributed by atoms with Gasteiger partial charge in [0.1, 0.15) is 23.4 Å². The van der Waals surface area contributed by atoms with Crippen LogP contribution in [0.5, 0.6) is 11.5 Å². The van der Waals surface area contributed by atoms with Crippen molar-refractivity contribution in [3.8, 4) is 17.6 Å². The number of benzene rings is 2. The molecule has 0 N–H and O–H groups in total. The first-order valence-corrected chi connectivity index (χ1v) is 6.05. The van der Waals surface area contributed by atoms with Crippen molar-refractivity contribution in [1.29, 1.82) is 5.26 Å². The molecule has 0 bridgehead atoms. The van der Waals surface area contributed by atoms with Gasteiger partial charge in [-0.1, -0.05) is 15.9 Å². The zero-order valence-corrected chi connectivity index (χ0v) is 11.1. The van der Waals surface area contributed by atoms with Crippen molar-refractivity contribution in [3.05, 3.63) is 57.8 Å². The Hall–Kier alpha value is -2.19. The van der Waals surface area contributed by atoms with Crippen molar-refractivity contribution in [2.45, 2.75) is 0 Å². The molecule has 0 atom stereocenters. The number of rotatable bonds is 3. The lowest BCUT2D eigenvalue weighted by Gasteiger charge is -2.08. The van der Waals surface area contributed by atoms with Crippen LogP contribution in [0.4, 0.5) is 4.39 Å². The molecule has 3 nitrogen and oxygen atoms in total. The molecule has 0 heterocycles. The highest BCUT2D eigenvalue weighted by atomic mass is 79.9. The highest BCUT2D eigenvalue weighted by molar-refractivity contribution is 9.10. The third-order valence-electron chi connectivity index (χ3n) is 2.39. The first-order valence-electron chi connectivity index (χ1n) is 5.26. The van der Waals surface area contributed by atoms with Gasteiger partial charge in [0.25, 0.3) is 0 Å². The summed E-state index contributed by atoms with van der Waals surface area (Å²) in [6.45, 7) is 0. The Morgan fingerprint density at radius 3 is 2.68 bits per heavy atom. The molecule has 0 aliphatic carbocycles. The van der Waals surface area contributed by atoms with Gasteiger partial charge >= 0.3 is 0 Å². The summed E-state index contributed by atoms with van der Waals surface area (Å²) in [5.41, 5.74) is 0.290. The highest BCUT2D eigenvalue weighted by Crippen LogP contribution is 2.28. The minimum atomic E-state index is -0.662. The molecule has 0 aromatic heterocycles. The summed E-state index contributed by atoms with van der Waals surface area (Å²) in [7, 11) is 0. The van der Waals surface area contributed by atoms with Crippen LogP contribution in [0.2, 0.25) is 0 Å². The summed E-state index contributed by atoms with van der Waals surface area (Å²) in [5, 5.41) is 8.63. The maximum absolute atomic E-state index is 13.4. The number of carbonyl (C=O) groups excluding carboxylic acids is 1. The maximum Gasteiger partial charge on any atom is 0.153 e. The molecule has 2 aromatic rings. The summed E-state index contributed by atoms with van der Waals surface area (Å²) < 4.78 is 19.6. The second kappa shape index (κ2) is 5.63. The zero-order chi connectivity index (χ0) is 13.8. The Balaban J connectivity index is 2.34. The smallest absolute Gasteiger partial charge is 0.153 e. The molecular formula is C14H7BrFNO2. The van der Waals surface area contributed by atoms with E-state index in [-0.39, 0.29) is 11.3 Å². The van der Waals surface area contributed by atoms with Crippen molar-refractivity contribution >= 4 is 22.2 Å². The van der Waals surface area contributed by atoms with Crippen LogP contribution in [0, 0.1) is 17.1 Å². The molecule has 19 heavy (non-hydrogen) atoms. The number of hydrogen-bond donors (Lipinski definition) is 0. The van der Waals surface area contributed by atoms with Crippen LogP contribution in [0.25, 0.3) is 0 Å². The Morgan fingerprint density at radius 1 is 1.26 bits per heavy atom. The van der Waals surface area contributed by atoms with Gasteiger partial charge in [-0.15, -0.1) is 0 Å². The normalized spacial score (nSPS) is 9.74. The molecule has 94 valence electrons. The van der Waals surface area contributed by atoms with Crippen LogP contribution in [0.3, 0.4) is 0 Å². The largest absolute Gasteiger partial charge is 0.457 e. The van der Waals surface area contributed by atoms with Crippen molar-refractivity contribution < 1.29 is 13.9 Å². The molecule has 0 saturated carbocycles. The van der Waals surface area contributed by atoms with Crippen molar-refractivity contribution in [3.63, 3.8) is 0 Å². The Bertz CT molecular complexity index is 680. The van der Waals surface area contributed by atoms with E-state index in [4.69, 9.17) is 10.00 Å². The fourth-order valence-electron chi connectivity index (χ4n) is 1.48. The molecule has 0 aliphatic heterocycles. The third kappa shape index (κ3) is 2.98. The molecule has 0 unspecified atom stereocenters. The topological polar surface area (TPSA) is 50.1 Å². The second-order valence-corrected chi connectivity index (χ2v) is 4.57. The molecule has 5 heteroatoms. The van der Waals surface area contributed by atoms with Gasteiger partial charge in [-0.25, -0.2) is 4.39 Å². The Kier molecular flexibility index (Phi) is 3.93. The molecule has 0 radical (unpaired) electrons. The number of nitrogens with zero attached hydrogens (tertiary/aromatic N) is 1. The number of ether oxygens (including phenoxy) is 1. The Labute approximate surface area is 117 Å². The summed E-state index contributed by atoms with van der Waals surface area (Å²) in [6.07, 6.45) is 0.653. The fourth-order valence-corrected chi connectivity index (χ4v) is 1.86. The van der Waals surface area contributed by atoms with Crippen LogP contribution < -0.4 is 4.74 Å². The summed E-state index contributed by atoms with van der Waals surface area (Å²) in [5.74, 6) is -0.117. The minimum Gasteiger partial charge on any atom is -0.457 e. The van der Waals surface area contributed by atoms with E-state index in [1.54, 1.807) is 24.3 Å². The van der Waals surface area contributed by atoms with E-state index in [2.05, 4.69) is 15.9 Å². The van der Waals surface area contributed by atoms with E-state index >= 15 is 0 Å². The number of aldehydes is 1. The van der Waals surface area contributed by atoms with Crippen LogP contribution in [-0.4, -0.2) is 6.29 Å². The van der Waals surface area contributed by atoms with Gasteiger partial charge in [0.15, 0.2) is 6.29 Å². The molecule has 0 aliphatic rings. The molecule has 0 spiro atoms. The van der Waals surface area contributed by atoms with Gasteiger partial charge in [-0.3, -0.25) is 4.79 Å². The van der Waals surface area contributed by atoms with E-state index < -0.39 is 5.82 Å². The lowest BCUT2D eigenvalue weighted by atomic mass is 10.2. The van der Waals surface area contributed by atoms with Crippen molar-refractivity contribution in [1.82, 2.24) is 0 Å². The van der Waals surface area contributed by atoms with Crippen molar-refractivity contribution in [2.75, 3.05) is 0 Å². The summed E-state index contributed by atoms with van der Waals surface area (Å²) in [4.78, 5) is 10.9. The van der Waals surface area contributed by atoms with Crippen LogP contribution in [-0.2, 0) is 0 Å². The van der Waals surface area contributed by atoms with Gasteiger partial charge in [0.2, 0.25) is 0 Å². The predicted octanol–water partition coefficient (Wildman–Crippen LogP) is 4.06. The molecule has 0 saturated heterocycles. The lowest BCUT2D eigenvalue weighted by molar-refractivity contribution is 0.112. The van der Waals surface area contributed by atoms with Crippen LogP contribution >= 0.6 is 15.9 Å². The van der Waals surface area contributed by atoms with Crippen molar-refractivity contribution in [2.24, 2.45) is 0 Å². The molecule has 2 aromatic carbocycles. The van der Waals surface area contributed by atoms with E-state index in [1.165, 1.54) is 12.1 Å². The first-order chi connectivity index (χ1) is 9.13. The maximum atomic E-state index is 13.4. The van der Waals surface area contributed by atoms with E-state index in [0.29, 0.717) is 17.6 Å². The van der Waals surface area contributed by atoms with Gasteiger partial charge in [-0.2, -0.15) is 5.26 Å². The fraction of sp³-hybridized carbons (Fsp3) is 0. The summed E-state index contributed by atoms with van der Waals surface area (Å²) >= 11 is 3.24.